The van der Waals surface area contributed by atoms with Crippen molar-refractivity contribution in [3.8, 4) is 0 Å². The topological polar surface area (TPSA) is 44.9 Å². The van der Waals surface area contributed by atoms with Crippen LogP contribution in [0, 0.1) is 5.82 Å². The van der Waals surface area contributed by atoms with Gasteiger partial charge in [-0.25, -0.2) is 4.39 Å². The number of amides is 1. The third-order valence-corrected chi connectivity index (χ3v) is 4.10. The van der Waals surface area contributed by atoms with Gasteiger partial charge in [-0.15, -0.1) is 0 Å². The molecule has 0 aliphatic carbocycles. The van der Waals surface area contributed by atoms with Crippen molar-refractivity contribution in [2.24, 2.45) is 0 Å². The van der Waals surface area contributed by atoms with Crippen molar-refractivity contribution in [2.75, 3.05) is 6.54 Å². The Labute approximate surface area is 120 Å². The molecular formula is C17H13FN2O. The summed E-state index contributed by atoms with van der Waals surface area (Å²) in [5, 5.41) is 3.91. The van der Waals surface area contributed by atoms with Gasteiger partial charge in [0.05, 0.1) is 0 Å². The second-order valence-corrected chi connectivity index (χ2v) is 5.29. The lowest BCUT2D eigenvalue weighted by Crippen LogP contribution is -2.26. The summed E-state index contributed by atoms with van der Waals surface area (Å²) in [5.74, 6) is -0.297. The van der Waals surface area contributed by atoms with E-state index in [4.69, 9.17) is 0 Å². The zero-order valence-corrected chi connectivity index (χ0v) is 11.2. The van der Waals surface area contributed by atoms with E-state index < -0.39 is 0 Å². The van der Waals surface area contributed by atoms with Crippen LogP contribution >= 0.6 is 0 Å². The highest BCUT2D eigenvalue weighted by Gasteiger charge is 2.25. The number of rotatable bonds is 1. The Hall–Kier alpha value is -2.62. The standard InChI is InChI=1S/C17H13FN2O/c18-11-6-4-10(5-7-11)13-8-20-17(21)12-2-1-3-15-16(12)14(13)9-19-15/h1-7,9,13,19H,8H2,(H,20,21). The highest BCUT2D eigenvalue weighted by atomic mass is 19.1. The summed E-state index contributed by atoms with van der Waals surface area (Å²) in [6, 6.07) is 12.1. The minimum Gasteiger partial charge on any atom is -0.361 e. The number of halogens is 1. The molecular weight excluding hydrogens is 267 g/mol. The van der Waals surface area contributed by atoms with E-state index in [0.29, 0.717) is 12.1 Å². The number of hydrogen-bond acceptors (Lipinski definition) is 1. The predicted molar refractivity (Wildman–Crippen MR) is 78.9 cm³/mol. The maximum atomic E-state index is 13.1. The summed E-state index contributed by atoms with van der Waals surface area (Å²) in [7, 11) is 0. The molecule has 0 spiro atoms. The van der Waals surface area contributed by atoms with E-state index in [1.807, 2.05) is 24.4 Å². The fourth-order valence-electron chi connectivity index (χ4n) is 3.07. The van der Waals surface area contributed by atoms with Crippen molar-refractivity contribution >= 4 is 16.8 Å². The molecule has 0 radical (unpaired) electrons. The first-order valence-corrected chi connectivity index (χ1v) is 6.87. The molecule has 0 fully saturated rings. The summed E-state index contributed by atoms with van der Waals surface area (Å²) in [6.07, 6.45) is 1.95. The number of carbonyl (C=O) groups is 1. The molecule has 0 bridgehead atoms. The molecule has 21 heavy (non-hydrogen) atoms. The molecule has 4 heteroatoms. The second kappa shape index (κ2) is 4.45. The van der Waals surface area contributed by atoms with Gasteiger partial charge in [-0.2, -0.15) is 0 Å². The van der Waals surface area contributed by atoms with Gasteiger partial charge in [0.25, 0.3) is 5.91 Å². The molecule has 1 aromatic heterocycles. The summed E-state index contributed by atoms with van der Waals surface area (Å²) in [5.41, 5.74) is 3.71. The van der Waals surface area contributed by atoms with E-state index in [1.54, 1.807) is 12.1 Å². The van der Waals surface area contributed by atoms with Crippen LogP contribution in [0.25, 0.3) is 10.9 Å². The van der Waals surface area contributed by atoms with E-state index in [1.165, 1.54) is 12.1 Å². The van der Waals surface area contributed by atoms with Crippen LogP contribution in [0.1, 0.15) is 27.4 Å². The van der Waals surface area contributed by atoms with E-state index in [2.05, 4.69) is 10.3 Å². The quantitative estimate of drug-likeness (QED) is 0.706. The maximum absolute atomic E-state index is 13.1. The van der Waals surface area contributed by atoms with Gasteiger partial charge >= 0.3 is 0 Å². The lowest BCUT2D eigenvalue weighted by Gasteiger charge is -2.15. The molecule has 104 valence electrons. The molecule has 1 aliphatic heterocycles. The fourth-order valence-corrected chi connectivity index (χ4v) is 3.07. The molecule has 3 nitrogen and oxygen atoms in total. The van der Waals surface area contributed by atoms with E-state index in [9.17, 15) is 9.18 Å². The van der Waals surface area contributed by atoms with Gasteiger partial charge in [0, 0.05) is 35.1 Å². The third-order valence-electron chi connectivity index (χ3n) is 4.10. The van der Waals surface area contributed by atoms with Crippen LogP contribution in [0.2, 0.25) is 0 Å². The maximum Gasteiger partial charge on any atom is 0.252 e. The SMILES string of the molecule is O=C1NCC(c2ccc(F)cc2)c2c[nH]c3cccc1c23. The van der Waals surface area contributed by atoms with Crippen molar-refractivity contribution < 1.29 is 9.18 Å². The molecule has 2 N–H and O–H groups in total. The molecule has 1 amide bonds. The Bertz CT molecular complexity index is 836. The Kier molecular flexibility index (Phi) is 2.57. The smallest absolute Gasteiger partial charge is 0.252 e. The zero-order chi connectivity index (χ0) is 14.4. The average Bonchev–Trinajstić information content (AvgIpc) is 2.86. The van der Waals surface area contributed by atoms with Gasteiger partial charge in [0.2, 0.25) is 0 Å². The van der Waals surface area contributed by atoms with Gasteiger partial charge in [-0.3, -0.25) is 4.79 Å². The van der Waals surface area contributed by atoms with Crippen molar-refractivity contribution in [1.29, 1.82) is 0 Å². The minimum atomic E-state index is -0.254. The number of hydrogen-bond donors (Lipinski definition) is 2. The highest BCUT2D eigenvalue weighted by Crippen LogP contribution is 2.34. The minimum absolute atomic E-state index is 0.0203. The molecule has 3 aromatic rings. The normalized spacial score (nSPS) is 17.6. The van der Waals surface area contributed by atoms with Gasteiger partial charge in [-0.1, -0.05) is 18.2 Å². The molecule has 2 heterocycles. The third kappa shape index (κ3) is 1.83. The molecule has 2 aromatic carbocycles. The van der Waals surface area contributed by atoms with E-state index in [-0.39, 0.29) is 17.6 Å². The Balaban J connectivity index is 1.94. The van der Waals surface area contributed by atoms with Crippen LogP contribution in [-0.4, -0.2) is 17.4 Å². The fraction of sp³-hybridized carbons (Fsp3) is 0.118. The van der Waals surface area contributed by atoms with Crippen LogP contribution in [-0.2, 0) is 0 Å². The number of benzene rings is 2. The van der Waals surface area contributed by atoms with E-state index in [0.717, 1.165) is 22.0 Å². The number of aromatic nitrogens is 1. The summed E-state index contributed by atoms with van der Waals surface area (Å²) in [4.78, 5) is 15.5. The van der Waals surface area contributed by atoms with Crippen LogP contribution in [0.5, 0.6) is 0 Å². The number of nitrogens with one attached hydrogen (secondary N) is 2. The Morgan fingerprint density at radius 1 is 1.10 bits per heavy atom. The first kappa shape index (κ1) is 12.1. The molecule has 0 saturated carbocycles. The van der Waals surface area contributed by atoms with Gasteiger partial charge in [0.15, 0.2) is 0 Å². The van der Waals surface area contributed by atoms with Crippen LogP contribution < -0.4 is 5.32 Å². The van der Waals surface area contributed by atoms with Crippen molar-refractivity contribution in [3.05, 3.63) is 71.2 Å². The molecule has 1 unspecified atom stereocenters. The molecule has 0 saturated heterocycles. The Morgan fingerprint density at radius 2 is 1.90 bits per heavy atom. The summed E-state index contributed by atoms with van der Waals surface area (Å²) < 4.78 is 13.1. The Morgan fingerprint density at radius 3 is 2.71 bits per heavy atom. The largest absolute Gasteiger partial charge is 0.361 e. The van der Waals surface area contributed by atoms with Crippen molar-refractivity contribution in [2.45, 2.75) is 5.92 Å². The van der Waals surface area contributed by atoms with E-state index >= 15 is 0 Å². The first-order chi connectivity index (χ1) is 10.2. The van der Waals surface area contributed by atoms with Crippen LogP contribution in [0.4, 0.5) is 4.39 Å². The second-order valence-electron chi connectivity index (χ2n) is 5.29. The van der Waals surface area contributed by atoms with Gasteiger partial charge in [0.1, 0.15) is 5.82 Å². The number of aromatic amines is 1. The first-order valence-electron chi connectivity index (χ1n) is 6.87. The van der Waals surface area contributed by atoms with Gasteiger partial charge in [-0.05, 0) is 35.4 Å². The summed E-state index contributed by atoms with van der Waals surface area (Å²) in [6.45, 7) is 0.506. The lowest BCUT2D eigenvalue weighted by molar-refractivity contribution is 0.0956. The average molecular weight is 280 g/mol. The zero-order valence-electron chi connectivity index (χ0n) is 11.2. The van der Waals surface area contributed by atoms with Gasteiger partial charge < -0.3 is 10.3 Å². The lowest BCUT2D eigenvalue weighted by atomic mass is 9.91. The summed E-state index contributed by atoms with van der Waals surface area (Å²) >= 11 is 0. The monoisotopic (exact) mass is 280 g/mol. The number of H-pyrrole nitrogens is 1. The highest BCUT2D eigenvalue weighted by molar-refractivity contribution is 6.08. The molecule has 4 rings (SSSR count). The van der Waals surface area contributed by atoms with Crippen LogP contribution in [0.15, 0.2) is 48.7 Å². The number of carbonyl (C=O) groups excluding carboxylic acids is 1. The van der Waals surface area contributed by atoms with Crippen molar-refractivity contribution in [3.63, 3.8) is 0 Å². The predicted octanol–water partition coefficient (Wildman–Crippen LogP) is 3.18. The molecule has 1 atom stereocenters. The van der Waals surface area contributed by atoms with Crippen molar-refractivity contribution in [1.82, 2.24) is 10.3 Å². The van der Waals surface area contributed by atoms with Crippen LogP contribution in [0.3, 0.4) is 0 Å². The molecule has 1 aliphatic rings.